The van der Waals surface area contributed by atoms with Crippen LogP contribution in [0.5, 0.6) is 0 Å². The van der Waals surface area contributed by atoms with E-state index in [0.29, 0.717) is 18.8 Å². The molecule has 0 aliphatic carbocycles. The predicted molar refractivity (Wildman–Crippen MR) is 73.9 cm³/mol. The molecule has 4 heteroatoms. The van der Waals surface area contributed by atoms with Crippen LogP contribution in [0, 0.1) is 6.92 Å². The highest BCUT2D eigenvalue weighted by Gasteiger charge is 2.29. The first-order valence-electron chi connectivity index (χ1n) is 6.56. The molecule has 0 bridgehead atoms. The van der Waals surface area contributed by atoms with E-state index in [1.807, 2.05) is 0 Å². The van der Waals surface area contributed by atoms with Gasteiger partial charge in [-0.05, 0) is 32.4 Å². The molecule has 1 fully saturated rings. The molecule has 18 heavy (non-hydrogen) atoms. The first-order chi connectivity index (χ1) is 8.63. The van der Waals surface area contributed by atoms with Gasteiger partial charge in [0.25, 0.3) is 0 Å². The number of hydrogen-bond donors (Lipinski definition) is 2. The van der Waals surface area contributed by atoms with Gasteiger partial charge in [0, 0.05) is 30.9 Å². The molecule has 2 rings (SSSR count). The van der Waals surface area contributed by atoms with Crippen LogP contribution in [0.15, 0.2) is 24.3 Å². The van der Waals surface area contributed by atoms with Crippen LogP contribution in [0.3, 0.4) is 0 Å². The minimum Gasteiger partial charge on any atom is -0.368 e. The quantitative estimate of drug-likeness (QED) is 0.802. The number of hydrogen-bond acceptors (Lipinski definition) is 4. The largest absolute Gasteiger partial charge is 0.368 e. The average Bonchev–Trinajstić information content (AvgIpc) is 2.34. The van der Waals surface area contributed by atoms with E-state index in [0.717, 1.165) is 13.1 Å². The molecule has 100 valence electrons. The number of piperazine rings is 1. The lowest BCUT2D eigenvalue weighted by Crippen LogP contribution is -2.58. The zero-order valence-corrected chi connectivity index (χ0v) is 11.4. The number of para-hydroxylation sites is 1. The SMILES string of the molecule is Cc1ccccc1N1C[C@@H](C)N(CNO)[C@@H](C)C1. The van der Waals surface area contributed by atoms with E-state index in [1.54, 1.807) is 0 Å². The molecule has 1 aromatic carbocycles. The number of benzene rings is 1. The van der Waals surface area contributed by atoms with Crippen LogP contribution < -0.4 is 10.4 Å². The van der Waals surface area contributed by atoms with Gasteiger partial charge in [-0.3, -0.25) is 4.90 Å². The van der Waals surface area contributed by atoms with E-state index in [9.17, 15) is 0 Å². The maximum Gasteiger partial charge on any atom is 0.0729 e. The molecule has 0 saturated carbocycles. The number of nitrogens with zero attached hydrogens (tertiary/aromatic N) is 2. The van der Waals surface area contributed by atoms with Crippen molar-refractivity contribution >= 4 is 5.69 Å². The smallest absolute Gasteiger partial charge is 0.0729 e. The number of aryl methyl sites for hydroxylation is 1. The third-order valence-corrected chi connectivity index (χ3v) is 3.81. The first-order valence-corrected chi connectivity index (χ1v) is 6.56. The van der Waals surface area contributed by atoms with Gasteiger partial charge in [0.2, 0.25) is 0 Å². The van der Waals surface area contributed by atoms with Crippen LogP contribution in [-0.4, -0.2) is 41.9 Å². The van der Waals surface area contributed by atoms with E-state index in [1.165, 1.54) is 11.3 Å². The minimum absolute atomic E-state index is 0.424. The molecule has 2 atom stereocenters. The Kier molecular flexibility index (Phi) is 4.22. The van der Waals surface area contributed by atoms with Gasteiger partial charge >= 0.3 is 0 Å². The number of nitrogens with one attached hydrogen (secondary N) is 1. The summed E-state index contributed by atoms with van der Waals surface area (Å²) < 4.78 is 0. The normalized spacial score (nSPS) is 25.4. The maximum atomic E-state index is 8.88. The maximum absolute atomic E-state index is 8.88. The van der Waals surface area contributed by atoms with Crippen molar-refractivity contribution in [2.45, 2.75) is 32.9 Å². The molecule has 2 N–H and O–H groups in total. The highest BCUT2D eigenvalue weighted by Crippen LogP contribution is 2.24. The van der Waals surface area contributed by atoms with E-state index < -0.39 is 0 Å². The van der Waals surface area contributed by atoms with E-state index >= 15 is 0 Å². The van der Waals surface area contributed by atoms with Gasteiger partial charge in [0.05, 0.1) is 6.67 Å². The Labute approximate surface area is 109 Å². The Bertz CT molecular complexity index is 384. The van der Waals surface area contributed by atoms with Crippen LogP contribution in [0.25, 0.3) is 0 Å². The lowest BCUT2D eigenvalue weighted by atomic mass is 10.1. The molecule has 0 radical (unpaired) electrons. The Hall–Kier alpha value is -1.10. The molecule has 4 nitrogen and oxygen atoms in total. The summed E-state index contributed by atoms with van der Waals surface area (Å²) in [5, 5.41) is 8.88. The predicted octanol–water partition coefficient (Wildman–Crippen LogP) is 1.83. The fourth-order valence-corrected chi connectivity index (χ4v) is 2.86. The number of anilines is 1. The van der Waals surface area contributed by atoms with Crippen LogP contribution in [0.1, 0.15) is 19.4 Å². The first kappa shape index (κ1) is 13.3. The molecule has 1 aliphatic rings. The van der Waals surface area contributed by atoms with Crippen LogP contribution in [-0.2, 0) is 0 Å². The van der Waals surface area contributed by atoms with Crippen molar-refractivity contribution < 1.29 is 5.21 Å². The Morgan fingerprint density at radius 3 is 2.39 bits per heavy atom. The Balaban J connectivity index is 2.13. The van der Waals surface area contributed by atoms with Crippen LogP contribution in [0.2, 0.25) is 0 Å². The summed E-state index contributed by atoms with van der Waals surface area (Å²) in [6.45, 7) is 9.10. The van der Waals surface area contributed by atoms with E-state index in [2.05, 4.69) is 60.3 Å². The van der Waals surface area contributed by atoms with Crippen molar-refractivity contribution in [2.24, 2.45) is 0 Å². The lowest BCUT2D eigenvalue weighted by Gasteiger charge is -2.45. The van der Waals surface area contributed by atoms with Gasteiger partial charge in [0.15, 0.2) is 0 Å². The molecule has 0 unspecified atom stereocenters. The summed E-state index contributed by atoms with van der Waals surface area (Å²) in [6.07, 6.45) is 0. The molecule has 0 aromatic heterocycles. The third kappa shape index (κ3) is 2.66. The van der Waals surface area contributed by atoms with Gasteiger partial charge in [-0.15, -0.1) is 0 Å². The van der Waals surface area contributed by atoms with Crippen molar-refractivity contribution in [3.05, 3.63) is 29.8 Å². The summed E-state index contributed by atoms with van der Waals surface area (Å²) in [4.78, 5) is 4.73. The molecule has 1 aliphatic heterocycles. The number of rotatable bonds is 3. The van der Waals surface area contributed by atoms with Crippen molar-refractivity contribution in [3.8, 4) is 0 Å². The van der Waals surface area contributed by atoms with Crippen LogP contribution >= 0.6 is 0 Å². The standard InChI is InChI=1S/C14H23N3O/c1-11-6-4-5-7-14(11)16-8-12(2)17(10-15-18)13(3)9-16/h4-7,12-13,15,18H,8-10H2,1-3H3/t12-,13+. The third-order valence-electron chi connectivity index (χ3n) is 3.81. The molecule has 1 saturated heterocycles. The molecule has 1 heterocycles. The van der Waals surface area contributed by atoms with Crippen molar-refractivity contribution in [2.75, 3.05) is 24.7 Å². The van der Waals surface area contributed by atoms with E-state index in [4.69, 9.17) is 5.21 Å². The highest BCUT2D eigenvalue weighted by atomic mass is 16.5. The molecule has 0 amide bonds. The zero-order chi connectivity index (χ0) is 13.1. The molecular weight excluding hydrogens is 226 g/mol. The second-order valence-corrected chi connectivity index (χ2v) is 5.22. The monoisotopic (exact) mass is 249 g/mol. The topological polar surface area (TPSA) is 38.7 Å². The molecule has 1 aromatic rings. The van der Waals surface area contributed by atoms with Gasteiger partial charge in [0.1, 0.15) is 0 Å². The summed E-state index contributed by atoms with van der Waals surface area (Å²) in [5.41, 5.74) is 4.92. The highest BCUT2D eigenvalue weighted by molar-refractivity contribution is 5.53. The van der Waals surface area contributed by atoms with Gasteiger partial charge < -0.3 is 10.1 Å². The fraction of sp³-hybridized carbons (Fsp3) is 0.571. The summed E-state index contributed by atoms with van der Waals surface area (Å²) in [5.74, 6) is 0. The van der Waals surface area contributed by atoms with Gasteiger partial charge in [-0.1, -0.05) is 18.2 Å². The molecule has 0 spiro atoms. The van der Waals surface area contributed by atoms with Crippen molar-refractivity contribution in [1.29, 1.82) is 0 Å². The Morgan fingerprint density at radius 2 is 1.83 bits per heavy atom. The fourth-order valence-electron chi connectivity index (χ4n) is 2.86. The van der Waals surface area contributed by atoms with Crippen molar-refractivity contribution in [3.63, 3.8) is 0 Å². The lowest BCUT2D eigenvalue weighted by molar-refractivity contribution is 0.0453. The summed E-state index contributed by atoms with van der Waals surface area (Å²) in [6, 6.07) is 9.37. The Morgan fingerprint density at radius 1 is 1.22 bits per heavy atom. The van der Waals surface area contributed by atoms with E-state index in [-0.39, 0.29) is 0 Å². The zero-order valence-electron chi connectivity index (χ0n) is 11.4. The van der Waals surface area contributed by atoms with Crippen LogP contribution in [0.4, 0.5) is 5.69 Å². The summed E-state index contributed by atoms with van der Waals surface area (Å²) >= 11 is 0. The average molecular weight is 249 g/mol. The van der Waals surface area contributed by atoms with Gasteiger partial charge in [-0.25, -0.2) is 0 Å². The molecular formula is C14H23N3O. The second kappa shape index (κ2) is 5.69. The second-order valence-electron chi connectivity index (χ2n) is 5.22. The number of hydroxylamine groups is 1. The summed E-state index contributed by atoms with van der Waals surface area (Å²) in [7, 11) is 0. The van der Waals surface area contributed by atoms with Gasteiger partial charge in [-0.2, -0.15) is 5.48 Å². The minimum atomic E-state index is 0.424. The van der Waals surface area contributed by atoms with Crippen molar-refractivity contribution in [1.82, 2.24) is 10.4 Å².